The first-order chi connectivity index (χ1) is 9.43. The molecule has 1 spiro atoms. The smallest absolute Gasteiger partial charge is 0.243 e. The maximum atomic E-state index is 12.8. The SMILES string of the molecule is Cc1ccc(S(=O)(=O)N2CCC3(CCNC3)C2)c(C)c1. The van der Waals surface area contributed by atoms with Gasteiger partial charge >= 0.3 is 0 Å². The Morgan fingerprint density at radius 3 is 2.70 bits per heavy atom. The van der Waals surface area contributed by atoms with E-state index in [1.54, 1.807) is 10.4 Å². The minimum absolute atomic E-state index is 0.172. The number of benzene rings is 1. The zero-order valence-electron chi connectivity index (χ0n) is 12.1. The lowest BCUT2D eigenvalue weighted by atomic mass is 9.87. The number of sulfonamides is 1. The Bertz CT molecular complexity index is 619. The topological polar surface area (TPSA) is 49.4 Å². The molecule has 2 saturated heterocycles. The Hall–Kier alpha value is -0.910. The number of hydrogen-bond donors (Lipinski definition) is 1. The highest BCUT2D eigenvalue weighted by Gasteiger charge is 2.44. The molecule has 1 N–H and O–H groups in total. The summed E-state index contributed by atoms with van der Waals surface area (Å²) < 4.78 is 27.3. The maximum absolute atomic E-state index is 12.8. The summed E-state index contributed by atoms with van der Waals surface area (Å²) in [6.45, 7) is 7.14. The predicted octanol–water partition coefficient (Wildman–Crippen LogP) is 1.68. The second kappa shape index (κ2) is 4.83. The van der Waals surface area contributed by atoms with Crippen molar-refractivity contribution in [1.29, 1.82) is 0 Å². The van der Waals surface area contributed by atoms with Crippen molar-refractivity contribution in [3.8, 4) is 0 Å². The van der Waals surface area contributed by atoms with Crippen LogP contribution in [0.4, 0.5) is 0 Å². The quantitative estimate of drug-likeness (QED) is 0.903. The molecule has 0 aliphatic carbocycles. The van der Waals surface area contributed by atoms with E-state index in [9.17, 15) is 8.42 Å². The fourth-order valence-corrected chi connectivity index (χ4v) is 5.23. The monoisotopic (exact) mass is 294 g/mol. The van der Waals surface area contributed by atoms with Crippen molar-refractivity contribution in [1.82, 2.24) is 9.62 Å². The van der Waals surface area contributed by atoms with Crippen LogP contribution in [0, 0.1) is 19.3 Å². The molecule has 2 heterocycles. The average Bonchev–Trinajstić information content (AvgIpc) is 3.00. The van der Waals surface area contributed by atoms with Gasteiger partial charge in [-0.15, -0.1) is 0 Å². The van der Waals surface area contributed by atoms with Crippen LogP contribution in [0.3, 0.4) is 0 Å². The molecular weight excluding hydrogens is 272 g/mol. The molecule has 110 valence electrons. The largest absolute Gasteiger partial charge is 0.316 e. The molecule has 0 saturated carbocycles. The van der Waals surface area contributed by atoms with Crippen LogP contribution < -0.4 is 5.32 Å². The van der Waals surface area contributed by atoms with Gasteiger partial charge in [0.05, 0.1) is 4.90 Å². The van der Waals surface area contributed by atoms with E-state index in [-0.39, 0.29) is 5.41 Å². The summed E-state index contributed by atoms with van der Waals surface area (Å²) in [4.78, 5) is 0.464. The van der Waals surface area contributed by atoms with E-state index in [0.717, 1.165) is 37.1 Å². The molecule has 2 aliphatic heterocycles. The van der Waals surface area contributed by atoms with Crippen LogP contribution in [-0.4, -0.2) is 38.9 Å². The summed E-state index contributed by atoms with van der Waals surface area (Å²) >= 11 is 0. The van der Waals surface area contributed by atoms with Crippen LogP contribution >= 0.6 is 0 Å². The van der Waals surface area contributed by atoms with Gasteiger partial charge in [-0.1, -0.05) is 17.7 Å². The number of rotatable bonds is 2. The van der Waals surface area contributed by atoms with Crippen molar-refractivity contribution in [3.05, 3.63) is 29.3 Å². The van der Waals surface area contributed by atoms with Crippen molar-refractivity contribution < 1.29 is 8.42 Å². The van der Waals surface area contributed by atoms with Gasteiger partial charge in [-0.3, -0.25) is 0 Å². The lowest BCUT2D eigenvalue weighted by Crippen LogP contribution is -2.33. The molecule has 1 unspecified atom stereocenters. The van der Waals surface area contributed by atoms with Crippen LogP contribution in [0.5, 0.6) is 0 Å². The minimum Gasteiger partial charge on any atom is -0.316 e. The zero-order chi connectivity index (χ0) is 14.4. The zero-order valence-corrected chi connectivity index (χ0v) is 13.0. The van der Waals surface area contributed by atoms with Crippen molar-refractivity contribution >= 4 is 10.0 Å². The van der Waals surface area contributed by atoms with Crippen LogP contribution in [0.15, 0.2) is 23.1 Å². The highest BCUT2D eigenvalue weighted by Crippen LogP contribution is 2.38. The summed E-state index contributed by atoms with van der Waals surface area (Å²) in [6, 6.07) is 5.57. The van der Waals surface area contributed by atoms with E-state index < -0.39 is 10.0 Å². The number of aryl methyl sites for hydroxylation is 2. The van der Waals surface area contributed by atoms with E-state index in [1.165, 1.54) is 0 Å². The second-order valence-electron chi connectivity index (χ2n) is 6.28. The summed E-state index contributed by atoms with van der Waals surface area (Å²) in [5.74, 6) is 0. The van der Waals surface area contributed by atoms with Crippen molar-refractivity contribution in [3.63, 3.8) is 0 Å². The van der Waals surface area contributed by atoms with Gasteiger partial charge in [0.15, 0.2) is 0 Å². The molecule has 4 nitrogen and oxygen atoms in total. The van der Waals surface area contributed by atoms with Crippen molar-refractivity contribution in [2.24, 2.45) is 5.41 Å². The van der Waals surface area contributed by atoms with Gasteiger partial charge in [0.25, 0.3) is 0 Å². The van der Waals surface area contributed by atoms with Gasteiger partial charge in [-0.2, -0.15) is 4.31 Å². The van der Waals surface area contributed by atoms with E-state index in [4.69, 9.17) is 0 Å². The van der Waals surface area contributed by atoms with Crippen LogP contribution in [0.1, 0.15) is 24.0 Å². The third-order valence-electron chi connectivity index (χ3n) is 4.68. The first-order valence-electron chi connectivity index (χ1n) is 7.21. The van der Waals surface area contributed by atoms with E-state index in [2.05, 4.69) is 5.32 Å². The molecule has 2 fully saturated rings. The molecule has 1 aromatic carbocycles. The van der Waals surface area contributed by atoms with E-state index in [1.807, 2.05) is 26.0 Å². The average molecular weight is 294 g/mol. The summed E-state index contributed by atoms with van der Waals surface area (Å²) in [6.07, 6.45) is 2.07. The lowest BCUT2D eigenvalue weighted by Gasteiger charge is -2.23. The first-order valence-corrected chi connectivity index (χ1v) is 8.65. The number of hydrogen-bond acceptors (Lipinski definition) is 3. The van der Waals surface area contributed by atoms with Gasteiger partial charge in [-0.25, -0.2) is 8.42 Å². The molecule has 3 rings (SSSR count). The highest BCUT2D eigenvalue weighted by molar-refractivity contribution is 7.89. The van der Waals surface area contributed by atoms with Gasteiger partial charge in [0.1, 0.15) is 0 Å². The fourth-order valence-electron chi connectivity index (χ4n) is 3.47. The summed E-state index contributed by atoms with van der Waals surface area (Å²) in [7, 11) is -3.34. The third-order valence-corrected chi connectivity index (χ3v) is 6.69. The molecule has 1 atom stereocenters. The first kappa shape index (κ1) is 14.0. The summed E-state index contributed by atoms with van der Waals surface area (Å²) in [5, 5.41) is 3.36. The van der Waals surface area contributed by atoms with E-state index >= 15 is 0 Å². The lowest BCUT2D eigenvalue weighted by molar-refractivity contribution is 0.338. The number of nitrogens with zero attached hydrogens (tertiary/aromatic N) is 1. The highest BCUT2D eigenvalue weighted by atomic mass is 32.2. The maximum Gasteiger partial charge on any atom is 0.243 e. The van der Waals surface area contributed by atoms with Gasteiger partial charge in [0.2, 0.25) is 10.0 Å². The standard InChI is InChI=1S/C15H22N2O2S/c1-12-3-4-14(13(2)9-12)20(18,19)17-8-6-15(11-17)5-7-16-10-15/h3-4,9,16H,5-8,10-11H2,1-2H3. The second-order valence-corrected chi connectivity index (χ2v) is 8.19. The van der Waals surface area contributed by atoms with E-state index in [0.29, 0.717) is 18.0 Å². The normalized spacial score (nSPS) is 27.5. The van der Waals surface area contributed by atoms with Crippen molar-refractivity contribution in [2.45, 2.75) is 31.6 Å². The molecule has 2 aliphatic rings. The molecule has 0 amide bonds. The molecular formula is C15H22N2O2S. The molecule has 1 aromatic rings. The Morgan fingerprint density at radius 2 is 2.05 bits per heavy atom. The third kappa shape index (κ3) is 2.28. The van der Waals surface area contributed by atoms with Crippen LogP contribution in [0.2, 0.25) is 0 Å². The predicted molar refractivity (Wildman–Crippen MR) is 79.2 cm³/mol. The van der Waals surface area contributed by atoms with Crippen LogP contribution in [-0.2, 0) is 10.0 Å². The Kier molecular flexibility index (Phi) is 3.39. The molecule has 0 aromatic heterocycles. The Balaban J connectivity index is 1.89. The molecule has 5 heteroatoms. The molecule has 0 bridgehead atoms. The Morgan fingerprint density at radius 1 is 1.25 bits per heavy atom. The molecule has 0 radical (unpaired) electrons. The van der Waals surface area contributed by atoms with Crippen LogP contribution in [0.25, 0.3) is 0 Å². The van der Waals surface area contributed by atoms with Gasteiger partial charge in [0, 0.05) is 19.6 Å². The van der Waals surface area contributed by atoms with Gasteiger partial charge in [-0.05, 0) is 50.3 Å². The fraction of sp³-hybridized carbons (Fsp3) is 0.600. The Labute approximate surface area is 121 Å². The minimum atomic E-state index is -3.34. The van der Waals surface area contributed by atoms with Crippen molar-refractivity contribution in [2.75, 3.05) is 26.2 Å². The van der Waals surface area contributed by atoms with Gasteiger partial charge < -0.3 is 5.32 Å². The number of nitrogens with one attached hydrogen (secondary N) is 1. The summed E-state index contributed by atoms with van der Waals surface area (Å²) in [5.41, 5.74) is 2.11. The molecule has 20 heavy (non-hydrogen) atoms.